The molecular formula is C16H30ClN3O2. The molecule has 1 unspecified atom stereocenters. The van der Waals surface area contributed by atoms with E-state index in [1.165, 1.54) is 32.1 Å². The van der Waals surface area contributed by atoms with Crippen molar-refractivity contribution in [3.05, 3.63) is 0 Å². The van der Waals surface area contributed by atoms with Gasteiger partial charge in [-0.05, 0) is 31.6 Å². The van der Waals surface area contributed by atoms with Crippen molar-refractivity contribution in [3.8, 4) is 0 Å². The smallest absolute Gasteiger partial charge is 0.224 e. The van der Waals surface area contributed by atoms with E-state index in [1.807, 2.05) is 4.90 Å². The van der Waals surface area contributed by atoms with Gasteiger partial charge in [0.2, 0.25) is 11.8 Å². The van der Waals surface area contributed by atoms with E-state index in [-0.39, 0.29) is 30.1 Å². The molecule has 1 saturated carbocycles. The predicted molar refractivity (Wildman–Crippen MR) is 89.8 cm³/mol. The summed E-state index contributed by atoms with van der Waals surface area (Å²) < 4.78 is 0. The fourth-order valence-electron chi connectivity index (χ4n) is 3.52. The minimum Gasteiger partial charge on any atom is -0.355 e. The standard InChI is InChI=1S/C16H29N3O2.ClH/c17-8-9-18-16(21)14-7-4-10-19(12-14)15(20)11-13-5-2-1-3-6-13;/h13-14H,1-12,17H2,(H,18,21);1H. The normalized spacial score (nSPS) is 22.8. The number of carbonyl (C=O) groups excluding carboxylic acids is 2. The number of carbonyl (C=O) groups is 2. The second kappa shape index (κ2) is 10.1. The van der Waals surface area contributed by atoms with Crippen LogP contribution in [-0.4, -0.2) is 42.9 Å². The third-order valence-corrected chi connectivity index (χ3v) is 4.78. The number of nitrogens with two attached hydrogens (primary N) is 1. The van der Waals surface area contributed by atoms with Crippen LogP contribution in [0.25, 0.3) is 0 Å². The molecule has 1 atom stereocenters. The van der Waals surface area contributed by atoms with E-state index in [2.05, 4.69) is 5.32 Å². The molecule has 2 aliphatic rings. The predicted octanol–water partition coefficient (Wildman–Crippen LogP) is 1.69. The lowest BCUT2D eigenvalue weighted by Crippen LogP contribution is -2.46. The van der Waals surface area contributed by atoms with Crippen LogP contribution < -0.4 is 11.1 Å². The lowest BCUT2D eigenvalue weighted by Gasteiger charge is -2.33. The zero-order valence-electron chi connectivity index (χ0n) is 13.4. The number of nitrogens with one attached hydrogen (secondary N) is 1. The second-order valence-electron chi connectivity index (χ2n) is 6.47. The molecule has 0 bridgehead atoms. The maximum absolute atomic E-state index is 12.4. The summed E-state index contributed by atoms with van der Waals surface area (Å²) in [6, 6.07) is 0. The molecule has 0 aromatic carbocycles. The molecule has 6 heteroatoms. The van der Waals surface area contributed by atoms with Crippen LogP contribution in [0.3, 0.4) is 0 Å². The molecule has 1 aliphatic carbocycles. The third-order valence-electron chi connectivity index (χ3n) is 4.78. The maximum Gasteiger partial charge on any atom is 0.224 e. The van der Waals surface area contributed by atoms with Gasteiger partial charge in [-0.15, -0.1) is 12.4 Å². The fraction of sp³-hybridized carbons (Fsp3) is 0.875. The lowest BCUT2D eigenvalue weighted by molar-refractivity contribution is -0.136. The molecule has 22 heavy (non-hydrogen) atoms. The molecule has 5 nitrogen and oxygen atoms in total. The number of hydrogen-bond acceptors (Lipinski definition) is 3. The van der Waals surface area contributed by atoms with Crippen molar-refractivity contribution in [2.75, 3.05) is 26.2 Å². The first-order valence-electron chi connectivity index (χ1n) is 8.46. The highest BCUT2D eigenvalue weighted by atomic mass is 35.5. The van der Waals surface area contributed by atoms with Crippen molar-refractivity contribution >= 4 is 24.2 Å². The van der Waals surface area contributed by atoms with E-state index >= 15 is 0 Å². The Morgan fingerprint density at radius 2 is 1.82 bits per heavy atom. The number of halogens is 1. The van der Waals surface area contributed by atoms with Crippen molar-refractivity contribution in [1.82, 2.24) is 10.2 Å². The Bertz CT molecular complexity index is 359. The Balaban J connectivity index is 0.00000242. The molecule has 0 aromatic rings. The van der Waals surface area contributed by atoms with Crippen LogP contribution in [0.15, 0.2) is 0 Å². The lowest BCUT2D eigenvalue weighted by atomic mass is 9.86. The first kappa shape index (κ1) is 19.2. The van der Waals surface area contributed by atoms with Gasteiger partial charge in [0, 0.05) is 32.6 Å². The summed E-state index contributed by atoms with van der Waals surface area (Å²) >= 11 is 0. The zero-order valence-corrected chi connectivity index (χ0v) is 14.2. The van der Waals surface area contributed by atoms with Crippen LogP contribution in [0.5, 0.6) is 0 Å². The van der Waals surface area contributed by atoms with E-state index in [1.54, 1.807) is 0 Å². The molecule has 0 spiro atoms. The molecule has 0 aromatic heterocycles. The van der Waals surface area contributed by atoms with Gasteiger partial charge < -0.3 is 16.0 Å². The van der Waals surface area contributed by atoms with E-state index in [0.717, 1.165) is 19.4 Å². The summed E-state index contributed by atoms with van der Waals surface area (Å²) in [4.78, 5) is 26.3. The van der Waals surface area contributed by atoms with Gasteiger partial charge in [0.15, 0.2) is 0 Å². The van der Waals surface area contributed by atoms with Gasteiger partial charge in [-0.1, -0.05) is 19.3 Å². The van der Waals surface area contributed by atoms with E-state index < -0.39 is 0 Å². The third kappa shape index (κ3) is 5.76. The van der Waals surface area contributed by atoms with Crippen molar-refractivity contribution in [2.24, 2.45) is 17.6 Å². The van der Waals surface area contributed by atoms with Crippen molar-refractivity contribution < 1.29 is 9.59 Å². The van der Waals surface area contributed by atoms with Gasteiger partial charge in [-0.25, -0.2) is 0 Å². The van der Waals surface area contributed by atoms with Gasteiger partial charge in [0.25, 0.3) is 0 Å². The fourth-order valence-corrected chi connectivity index (χ4v) is 3.52. The SMILES string of the molecule is Cl.NCCNC(=O)C1CCCN(C(=O)CC2CCCCC2)C1. The van der Waals surface area contributed by atoms with Crippen molar-refractivity contribution in [2.45, 2.75) is 51.4 Å². The molecule has 1 saturated heterocycles. The Morgan fingerprint density at radius 3 is 2.50 bits per heavy atom. The highest BCUT2D eigenvalue weighted by molar-refractivity contribution is 5.85. The number of rotatable bonds is 5. The van der Waals surface area contributed by atoms with Gasteiger partial charge in [0.05, 0.1) is 5.92 Å². The Morgan fingerprint density at radius 1 is 1.09 bits per heavy atom. The van der Waals surface area contributed by atoms with Crippen LogP contribution in [0.1, 0.15) is 51.4 Å². The maximum atomic E-state index is 12.4. The van der Waals surface area contributed by atoms with Crippen LogP contribution in [0.4, 0.5) is 0 Å². The molecule has 2 fully saturated rings. The van der Waals surface area contributed by atoms with Gasteiger partial charge in [-0.3, -0.25) is 9.59 Å². The summed E-state index contributed by atoms with van der Waals surface area (Å²) in [5.41, 5.74) is 5.41. The highest BCUT2D eigenvalue weighted by Crippen LogP contribution is 2.27. The summed E-state index contributed by atoms with van der Waals surface area (Å²) in [6.07, 6.45) is 8.72. The molecule has 1 heterocycles. The summed E-state index contributed by atoms with van der Waals surface area (Å²) in [7, 11) is 0. The summed E-state index contributed by atoms with van der Waals surface area (Å²) in [6.45, 7) is 2.38. The number of nitrogens with zero attached hydrogens (tertiary/aromatic N) is 1. The number of hydrogen-bond donors (Lipinski definition) is 2. The molecule has 0 radical (unpaired) electrons. The zero-order chi connectivity index (χ0) is 15.1. The average molecular weight is 332 g/mol. The number of amides is 2. The van der Waals surface area contributed by atoms with E-state index in [0.29, 0.717) is 32.0 Å². The summed E-state index contributed by atoms with van der Waals surface area (Å²) in [5.74, 6) is 0.812. The Hall–Kier alpha value is -0.810. The number of likely N-dealkylation sites (tertiary alicyclic amines) is 1. The largest absolute Gasteiger partial charge is 0.355 e. The second-order valence-corrected chi connectivity index (χ2v) is 6.47. The molecule has 2 rings (SSSR count). The van der Waals surface area contributed by atoms with E-state index in [9.17, 15) is 9.59 Å². The first-order chi connectivity index (χ1) is 10.2. The molecule has 2 amide bonds. The Kier molecular flexibility index (Phi) is 8.79. The minimum absolute atomic E-state index is 0. The molecular weight excluding hydrogens is 302 g/mol. The minimum atomic E-state index is -0.0550. The topological polar surface area (TPSA) is 75.4 Å². The van der Waals surface area contributed by atoms with Crippen LogP contribution in [-0.2, 0) is 9.59 Å². The van der Waals surface area contributed by atoms with Crippen molar-refractivity contribution in [1.29, 1.82) is 0 Å². The van der Waals surface area contributed by atoms with Gasteiger partial charge >= 0.3 is 0 Å². The van der Waals surface area contributed by atoms with Crippen molar-refractivity contribution in [3.63, 3.8) is 0 Å². The van der Waals surface area contributed by atoms with Gasteiger partial charge in [0.1, 0.15) is 0 Å². The van der Waals surface area contributed by atoms with Gasteiger partial charge in [-0.2, -0.15) is 0 Å². The monoisotopic (exact) mass is 331 g/mol. The van der Waals surface area contributed by atoms with E-state index in [4.69, 9.17) is 5.73 Å². The molecule has 1 aliphatic heterocycles. The summed E-state index contributed by atoms with van der Waals surface area (Å²) in [5, 5.41) is 2.84. The van der Waals surface area contributed by atoms with Crippen LogP contribution in [0.2, 0.25) is 0 Å². The average Bonchev–Trinajstić information content (AvgIpc) is 2.53. The Labute approximate surface area is 139 Å². The molecule has 128 valence electrons. The van der Waals surface area contributed by atoms with Crippen LogP contribution in [0, 0.1) is 11.8 Å². The highest BCUT2D eigenvalue weighted by Gasteiger charge is 2.29. The first-order valence-corrected chi connectivity index (χ1v) is 8.46. The van der Waals surface area contributed by atoms with Crippen LogP contribution >= 0.6 is 12.4 Å². The quantitative estimate of drug-likeness (QED) is 0.805. The molecule has 3 N–H and O–H groups in total. The number of piperidine rings is 1.